The second-order valence-electron chi connectivity index (χ2n) is 4.80. The largest absolute Gasteiger partial charge is 0.299 e. The molecule has 0 spiro atoms. The molecule has 0 saturated carbocycles. The number of hydrogen-bond acceptors (Lipinski definition) is 1. The van der Waals surface area contributed by atoms with Crippen LogP contribution in [0.5, 0.6) is 0 Å². The molecule has 88 valence electrons. The Bertz CT molecular complexity index is 320. The molecule has 1 atom stereocenters. The SMILES string of the molecule is CCCC1CCN(Cc2ccc(Br)cc2)C1. The van der Waals surface area contributed by atoms with Crippen molar-refractivity contribution in [3.05, 3.63) is 34.3 Å². The summed E-state index contributed by atoms with van der Waals surface area (Å²) in [5.41, 5.74) is 1.43. The predicted molar refractivity (Wildman–Crippen MR) is 72.4 cm³/mol. The first kappa shape index (κ1) is 12.1. The number of nitrogens with zero attached hydrogens (tertiary/aromatic N) is 1. The van der Waals surface area contributed by atoms with Crippen molar-refractivity contribution < 1.29 is 0 Å². The van der Waals surface area contributed by atoms with Crippen molar-refractivity contribution in [2.24, 2.45) is 5.92 Å². The van der Waals surface area contributed by atoms with E-state index in [0.717, 1.165) is 12.5 Å². The lowest BCUT2D eigenvalue weighted by Crippen LogP contribution is -2.20. The Kier molecular flexibility index (Phi) is 4.42. The molecule has 1 unspecified atom stereocenters. The molecule has 0 aliphatic carbocycles. The number of halogens is 1. The van der Waals surface area contributed by atoms with E-state index in [-0.39, 0.29) is 0 Å². The molecule has 16 heavy (non-hydrogen) atoms. The highest BCUT2D eigenvalue weighted by Gasteiger charge is 2.21. The van der Waals surface area contributed by atoms with Gasteiger partial charge in [-0.2, -0.15) is 0 Å². The van der Waals surface area contributed by atoms with Crippen molar-refractivity contribution in [1.29, 1.82) is 0 Å². The Morgan fingerprint density at radius 1 is 1.31 bits per heavy atom. The van der Waals surface area contributed by atoms with Gasteiger partial charge in [-0.25, -0.2) is 0 Å². The minimum Gasteiger partial charge on any atom is -0.299 e. The van der Waals surface area contributed by atoms with E-state index in [1.165, 1.54) is 42.4 Å². The summed E-state index contributed by atoms with van der Waals surface area (Å²) in [6, 6.07) is 8.71. The average molecular weight is 282 g/mol. The number of hydrogen-bond donors (Lipinski definition) is 0. The van der Waals surface area contributed by atoms with Crippen molar-refractivity contribution in [2.75, 3.05) is 13.1 Å². The van der Waals surface area contributed by atoms with Crippen molar-refractivity contribution in [2.45, 2.75) is 32.7 Å². The molecule has 1 aromatic carbocycles. The summed E-state index contributed by atoms with van der Waals surface area (Å²) in [4.78, 5) is 2.59. The van der Waals surface area contributed by atoms with Crippen LogP contribution in [0.1, 0.15) is 31.7 Å². The van der Waals surface area contributed by atoms with Crippen LogP contribution in [-0.2, 0) is 6.54 Å². The zero-order valence-electron chi connectivity index (χ0n) is 9.95. The summed E-state index contributed by atoms with van der Waals surface area (Å²) < 4.78 is 1.17. The molecule has 0 radical (unpaired) electrons. The van der Waals surface area contributed by atoms with Crippen LogP contribution in [0.4, 0.5) is 0 Å². The van der Waals surface area contributed by atoms with E-state index < -0.39 is 0 Å². The second-order valence-corrected chi connectivity index (χ2v) is 5.72. The third kappa shape index (κ3) is 3.33. The van der Waals surface area contributed by atoms with Crippen LogP contribution in [0.2, 0.25) is 0 Å². The van der Waals surface area contributed by atoms with Gasteiger partial charge in [0.25, 0.3) is 0 Å². The average Bonchev–Trinajstić information content (AvgIpc) is 2.70. The molecule has 0 N–H and O–H groups in total. The molecule has 2 rings (SSSR count). The van der Waals surface area contributed by atoms with Gasteiger partial charge in [-0.1, -0.05) is 41.4 Å². The topological polar surface area (TPSA) is 3.24 Å². The van der Waals surface area contributed by atoms with Crippen LogP contribution < -0.4 is 0 Å². The van der Waals surface area contributed by atoms with Crippen molar-refractivity contribution in [3.8, 4) is 0 Å². The minimum absolute atomic E-state index is 0.945. The van der Waals surface area contributed by atoms with Crippen molar-refractivity contribution in [1.82, 2.24) is 4.90 Å². The summed E-state index contributed by atoms with van der Waals surface area (Å²) in [5, 5.41) is 0. The molecule has 1 aliphatic heterocycles. The molecule has 1 fully saturated rings. The molecular weight excluding hydrogens is 262 g/mol. The van der Waals surface area contributed by atoms with E-state index in [1.807, 2.05) is 0 Å². The summed E-state index contributed by atoms with van der Waals surface area (Å²) in [6.07, 6.45) is 4.12. The lowest BCUT2D eigenvalue weighted by atomic mass is 10.0. The first-order chi connectivity index (χ1) is 7.78. The monoisotopic (exact) mass is 281 g/mol. The zero-order valence-corrected chi connectivity index (χ0v) is 11.5. The maximum Gasteiger partial charge on any atom is 0.0233 e. The fourth-order valence-corrected chi connectivity index (χ4v) is 2.81. The van der Waals surface area contributed by atoms with Gasteiger partial charge in [0.05, 0.1) is 0 Å². The molecule has 0 bridgehead atoms. The molecule has 1 nitrogen and oxygen atoms in total. The smallest absolute Gasteiger partial charge is 0.0233 e. The standard InChI is InChI=1S/C14H20BrN/c1-2-3-12-8-9-16(10-12)11-13-4-6-14(15)7-5-13/h4-7,12H,2-3,8-11H2,1H3. The molecule has 2 heteroatoms. The van der Waals surface area contributed by atoms with Gasteiger partial charge in [-0.15, -0.1) is 0 Å². The first-order valence-electron chi connectivity index (χ1n) is 6.24. The normalized spacial score (nSPS) is 21.5. The van der Waals surface area contributed by atoms with Crippen LogP contribution in [0.15, 0.2) is 28.7 Å². The Labute approximate surface area is 107 Å². The van der Waals surface area contributed by atoms with E-state index in [4.69, 9.17) is 0 Å². The van der Waals surface area contributed by atoms with Crippen LogP contribution in [0.25, 0.3) is 0 Å². The predicted octanol–water partition coefficient (Wildman–Crippen LogP) is 4.07. The lowest BCUT2D eigenvalue weighted by molar-refractivity contribution is 0.313. The molecule has 1 aliphatic rings. The highest BCUT2D eigenvalue weighted by Crippen LogP contribution is 2.22. The van der Waals surface area contributed by atoms with Crippen LogP contribution in [0.3, 0.4) is 0 Å². The number of rotatable bonds is 4. The van der Waals surface area contributed by atoms with Crippen molar-refractivity contribution in [3.63, 3.8) is 0 Å². The van der Waals surface area contributed by atoms with Gasteiger partial charge in [0.15, 0.2) is 0 Å². The third-order valence-corrected chi connectivity index (χ3v) is 3.92. The Balaban J connectivity index is 1.84. The van der Waals surface area contributed by atoms with E-state index in [9.17, 15) is 0 Å². The van der Waals surface area contributed by atoms with Gasteiger partial charge < -0.3 is 0 Å². The second kappa shape index (κ2) is 5.83. The Morgan fingerprint density at radius 2 is 2.06 bits per heavy atom. The Morgan fingerprint density at radius 3 is 2.75 bits per heavy atom. The van der Waals surface area contributed by atoms with Gasteiger partial charge in [0.2, 0.25) is 0 Å². The minimum atomic E-state index is 0.945. The van der Waals surface area contributed by atoms with E-state index in [1.54, 1.807) is 0 Å². The fraction of sp³-hybridized carbons (Fsp3) is 0.571. The van der Waals surface area contributed by atoms with Crippen LogP contribution in [0, 0.1) is 5.92 Å². The quantitative estimate of drug-likeness (QED) is 0.804. The van der Waals surface area contributed by atoms with Gasteiger partial charge in [-0.3, -0.25) is 4.90 Å². The van der Waals surface area contributed by atoms with E-state index in [0.29, 0.717) is 0 Å². The molecule has 1 aromatic rings. The molecule has 1 heterocycles. The maximum absolute atomic E-state index is 3.47. The summed E-state index contributed by atoms with van der Waals surface area (Å²) in [7, 11) is 0. The highest BCUT2D eigenvalue weighted by molar-refractivity contribution is 9.10. The fourth-order valence-electron chi connectivity index (χ4n) is 2.55. The summed E-state index contributed by atoms with van der Waals surface area (Å²) in [5.74, 6) is 0.945. The molecular formula is C14H20BrN. The van der Waals surface area contributed by atoms with Gasteiger partial charge in [-0.05, 0) is 43.0 Å². The Hall–Kier alpha value is -0.340. The summed E-state index contributed by atoms with van der Waals surface area (Å²) in [6.45, 7) is 5.98. The first-order valence-corrected chi connectivity index (χ1v) is 7.04. The van der Waals surface area contributed by atoms with E-state index >= 15 is 0 Å². The van der Waals surface area contributed by atoms with E-state index in [2.05, 4.69) is 52.0 Å². The highest BCUT2D eigenvalue weighted by atomic mass is 79.9. The van der Waals surface area contributed by atoms with Gasteiger partial charge in [0.1, 0.15) is 0 Å². The maximum atomic E-state index is 3.47. The lowest BCUT2D eigenvalue weighted by Gasteiger charge is -2.15. The van der Waals surface area contributed by atoms with Crippen LogP contribution in [-0.4, -0.2) is 18.0 Å². The number of likely N-dealkylation sites (tertiary alicyclic amines) is 1. The number of benzene rings is 1. The van der Waals surface area contributed by atoms with Crippen molar-refractivity contribution >= 4 is 15.9 Å². The van der Waals surface area contributed by atoms with Gasteiger partial charge >= 0.3 is 0 Å². The third-order valence-electron chi connectivity index (χ3n) is 3.39. The van der Waals surface area contributed by atoms with Crippen LogP contribution >= 0.6 is 15.9 Å². The zero-order chi connectivity index (χ0) is 11.4. The van der Waals surface area contributed by atoms with Gasteiger partial charge in [0, 0.05) is 17.6 Å². The summed E-state index contributed by atoms with van der Waals surface area (Å²) >= 11 is 3.47. The molecule has 0 amide bonds. The molecule has 1 saturated heterocycles. The molecule has 0 aromatic heterocycles.